The largest absolute Gasteiger partial charge is 0.493 e. The van der Waals surface area contributed by atoms with Crippen molar-refractivity contribution in [1.29, 1.82) is 0 Å². The maximum atomic E-state index is 13.1. The van der Waals surface area contributed by atoms with E-state index >= 15 is 0 Å². The van der Waals surface area contributed by atoms with Gasteiger partial charge in [0.15, 0.2) is 11.5 Å². The highest BCUT2D eigenvalue weighted by molar-refractivity contribution is 6.30. The lowest BCUT2D eigenvalue weighted by molar-refractivity contribution is -0.0512. The van der Waals surface area contributed by atoms with Crippen molar-refractivity contribution in [3.63, 3.8) is 0 Å². The van der Waals surface area contributed by atoms with Crippen molar-refractivity contribution in [2.24, 2.45) is 0 Å². The second-order valence-corrected chi connectivity index (χ2v) is 6.45. The second-order valence-electron chi connectivity index (χ2n) is 6.02. The number of nitrogens with one attached hydrogen (secondary N) is 1. The normalized spacial score (nSPS) is 16.5. The number of ether oxygens (including phenoxy) is 2. The molecule has 1 unspecified atom stereocenters. The van der Waals surface area contributed by atoms with Gasteiger partial charge in [-0.05, 0) is 35.9 Å². The maximum Gasteiger partial charge on any atom is 0.387 e. The molecule has 0 radical (unpaired) electrons. The van der Waals surface area contributed by atoms with Gasteiger partial charge in [-0.2, -0.15) is 8.78 Å². The highest BCUT2D eigenvalue weighted by Gasteiger charge is 2.29. The predicted octanol–water partition coefficient (Wildman–Crippen LogP) is 4.16. The van der Waals surface area contributed by atoms with Crippen LogP contribution in [-0.2, 0) is 0 Å². The maximum absolute atomic E-state index is 13.1. The summed E-state index contributed by atoms with van der Waals surface area (Å²) in [7, 11) is 1.33. The molecule has 0 spiro atoms. The van der Waals surface area contributed by atoms with Gasteiger partial charge in [0.2, 0.25) is 0 Å². The fourth-order valence-electron chi connectivity index (χ4n) is 3.12. The van der Waals surface area contributed by atoms with Gasteiger partial charge in [-0.1, -0.05) is 23.7 Å². The van der Waals surface area contributed by atoms with E-state index in [1.54, 1.807) is 11.0 Å². The summed E-state index contributed by atoms with van der Waals surface area (Å²) in [5.74, 6) is -0.255. The Bertz CT molecular complexity index is 824. The van der Waals surface area contributed by atoms with Crippen molar-refractivity contribution in [3.05, 3.63) is 58.6 Å². The predicted molar refractivity (Wildman–Crippen MR) is 105 cm³/mol. The third-order valence-electron chi connectivity index (χ3n) is 4.36. The van der Waals surface area contributed by atoms with Crippen molar-refractivity contribution < 1.29 is 23.0 Å². The Labute approximate surface area is 173 Å². The van der Waals surface area contributed by atoms with Gasteiger partial charge in [0.05, 0.1) is 13.2 Å². The summed E-state index contributed by atoms with van der Waals surface area (Å²) in [4.78, 5) is 14.8. The first-order chi connectivity index (χ1) is 13.0. The molecule has 1 atom stereocenters. The van der Waals surface area contributed by atoms with Crippen LogP contribution in [0.2, 0.25) is 5.02 Å². The van der Waals surface area contributed by atoms with Crippen LogP contribution in [0.1, 0.15) is 22.0 Å². The lowest BCUT2D eigenvalue weighted by atomic mass is 10.0. The molecular weight excluding hydrogens is 413 g/mol. The molecule has 3 rings (SSSR count). The quantitative estimate of drug-likeness (QED) is 0.770. The van der Waals surface area contributed by atoms with Crippen molar-refractivity contribution >= 4 is 29.9 Å². The number of alkyl halides is 2. The van der Waals surface area contributed by atoms with Crippen molar-refractivity contribution in [1.82, 2.24) is 10.2 Å². The molecule has 28 heavy (non-hydrogen) atoms. The summed E-state index contributed by atoms with van der Waals surface area (Å²) in [5, 5.41) is 3.88. The van der Waals surface area contributed by atoms with Gasteiger partial charge >= 0.3 is 6.61 Å². The zero-order chi connectivity index (χ0) is 19.4. The Morgan fingerprint density at radius 1 is 1.25 bits per heavy atom. The van der Waals surface area contributed by atoms with Gasteiger partial charge in [-0.3, -0.25) is 4.79 Å². The molecule has 1 heterocycles. The Balaban J connectivity index is 0.00000280. The van der Waals surface area contributed by atoms with Gasteiger partial charge in [0.25, 0.3) is 5.91 Å². The molecule has 5 nitrogen and oxygen atoms in total. The fourth-order valence-corrected chi connectivity index (χ4v) is 3.32. The lowest BCUT2D eigenvalue weighted by Gasteiger charge is -2.36. The van der Waals surface area contributed by atoms with Crippen molar-refractivity contribution in [3.8, 4) is 11.5 Å². The van der Waals surface area contributed by atoms with E-state index in [0.717, 1.165) is 5.56 Å². The van der Waals surface area contributed by atoms with Crippen LogP contribution in [0.4, 0.5) is 8.78 Å². The van der Waals surface area contributed by atoms with Gasteiger partial charge < -0.3 is 19.7 Å². The second kappa shape index (κ2) is 9.91. The van der Waals surface area contributed by atoms with E-state index in [9.17, 15) is 13.6 Å². The number of nitrogens with zero attached hydrogens (tertiary/aromatic N) is 1. The van der Waals surface area contributed by atoms with E-state index < -0.39 is 6.61 Å². The topological polar surface area (TPSA) is 50.8 Å². The smallest absolute Gasteiger partial charge is 0.387 e. The molecule has 1 aliphatic heterocycles. The van der Waals surface area contributed by atoms with Crippen LogP contribution < -0.4 is 14.8 Å². The van der Waals surface area contributed by atoms with Crippen LogP contribution >= 0.6 is 24.0 Å². The first-order valence-electron chi connectivity index (χ1n) is 8.39. The summed E-state index contributed by atoms with van der Waals surface area (Å²) in [5.41, 5.74) is 1.26. The standard InChI is InChI=1S/C19H19ClF2N2O3.ClH/c1-26-17-10-13(5-6-16(17)27-19(21)22)18(25)24-8-7-23-11-15(24)12-3-2-4-14(20)9-12;/h2-6,9-10,15,19,23H,7-8,11H2,1H3;1H. The summed E-state index contributed by atoms with van der Waals surface area (Å²) in [6.45, 7) is -1.21. The molecule has 9 heteroatoms. The first-order valence-corrected chi connectivity index (χ1v) is 8.77. The first kappa shape index (κ1) is 22.2. The number of hydrogen-bond acceptors (Lipinski definition) is 4. The van der Waals surface area contributed by atoms with Gasteiger partial charge in [0, 0.05) is 30.2 Å². The third-order valence-corrected chi connectivity index (χ3v) is 4.60. The minimum Gasteiger partial charge on any atom is -0.493 e. The molecular formula is C19H20Cl2F2N2O3. The monoisotopic (exact) mass is 432 g/mol. The minimum atomic E-state index is -2.97. The zero-order valence-corrected chi connectivity index (χ0v) is 16.6. The van der Waals surface area contributed by atoms with E-state index in [4.69, 9.17) is 16.3 Å². The van der Waals surface area contributed by atoms with Crippen LogP contribution in [0, 0.1) is 0 Å². The van der Waals surface area contributed by atoms with Crippen LogP contribution in [0.3, 0.4) is 0 Å². The van der Waals surface area contributed by atoms with Crippen molar-refractivity contribution in [2.75, 3.05) is 26.7 Å². The highest BCUT2D eigenvalue weighted by Crippen LogP contribution is 2.32. The molecule has 2 aromatic rings. The molecule has 1 aliphatic rings. The number of carbonyl (C=O) groups excluding carboxylic acids is 1. The molecule has 1 amide bonds. The Hall–Kier alpha value is -2.09. The number of halogens is 4. The Kier molecular flexibility index (Phi) is 7.86. The molecule has 1 fully saturated rings. The molecule has 0 bridgehead atoms. The highest BCUT2D eigenvalue weighted by atomic mass is 35.5. The van der Waals surface area contributed by atoms with Crippen molar-refractivity contribution in [2.45, 2.75) is 12.7 Å². The molecule has 0 aromatic heterocycles. The number of hydrogen-bond donors (Lipinski definition) is 1. The van der Waals surface area contributed by atoms with E-state index in [1.165, 1.54) is 25.3 Å². The van der Waals surface area contributed by atoms with Crippen LogP contribution in [0.25, 0.3) is 0 Å². The van der Waals surface area contributed by atoms with Crippen LogP contribution in [0.15, 0.2) is 42.5 Å². The van der Waals surface area contributed by atoms with Gasteiger partial charge in [-0.25, -0.2) is 0 Å². The van der Waals surface area contributed by atoms with E-state index in [-0.39, 0.29) is 35.9 Å². The van der Waals surface area contributed by atoms with Crippen LogP contribution in [-0.4, -0.2) is 44.2 Å². The number of piperazine rings is 1. The summed E-state index contributed by atoms with van der Waals surface area (Å²) >= 11 is 6.09. The third kappa shape index (κ3) is 5.04. The van der Waals surface area contributed by atoms with E-state index in [0.29, 0.717) is 30.2 Å². The van der Waals surface area contributed by atoms with Gasteiger partial charge in [0.1, 0.15) is 0 Å². The molecule has 152 valence electrons. The average molecular weight is 433 g/mol. The summed E-state index contributed by atoms with van der Waals surface area (Å²) in [6.07, 6.45) is 0. The fraction of sp³-hybridized carbons (Fsp3) is 0.316. The number of methoxy groups -OCH3 is 1. The molecule has 1 N–H and O–H groups in total. The lowest BCUT2D eigenvalue weighted by Crippen LogP contribution is -2.48. The average Bonchev–Trinajstić information content (AvgIpc) is 2.67. The Morgan fingerprint density at radius 3 is 2.71 bits per heavy atom. The van der Waals surface area contributed by atoms with E-state index in [2.05, 4.69) is 10.1 Å². The number of benzene rings is 2. The van der Waals surface area contributed by atoms with E-state index in [1.807, 2.05) is 18.2 Å². The summed E-state index contributed by atoms with van der Waals surface area (Å²) in [6, 6.07) is 11.4. The Morgan fingerprint density at radius 2 is 2.04 bits per heavy atom. The summed E-state index contributed by atoms with van der Waals surface area (Å²) < 4.78 is 34.5. The molecule has 0 aliphatic carbocycles. The number of amides is 1. The number of rotatable bonds is 5. The van der Waals surface area contributed by atoms with Crippen LogP contribution in [0.5, 0.6) is 11.5 Å². The SMILES string of the molecule is COc1cc(C(=O)N2CCNCC2c2cccc(Cl)c2)ccc1OC(F)F.Cl. The molecule has 0 saturated carbocycles. The van der Waals surface area contributed by atoms with Gasteiger partial charge in [-0.15, -0.1) is 12.4 Å². The zero-order valence-electron chi connectivity index (χ0n) is 15.0. The number of carbonyl (C=O) groups is 1. The molecule has 2 aromatic carbocycles. The molecule has 1 saturated heterocycles. The minimum absolute atomic E-state index is 0.